The minimum Gasteiger partial charge on any atom is -0.489 e. The molecule has 0 aromatic heterocycles. The average Bonchev–Trinajstić information content (AvgIpc) is 3.48. The summed E-state index contributed by atoms with van der Waals surface area (Å²) in [6.45, 7) is 6.59. The molecule has 3 amide bonds. The minimum atomic E-state index is -3.75. The Hall–Kier alpha value is -3.64. The first kappa shape index (κ1) is 29.3. The maximum Gasteiger partial charge on any atom is 0.427 e. The summed E-state index contributed by atoms with van der Waals surface area (Å²) in [7, 11) is -3.75. The summed E-state index contributed by atoms with van der Waals surface area (Å²) in [5.74, 6) is -1.81. The molecule has 40 heavy (non-hydrogen) atoms. The summed E-state index contributed by atoms with van der Waals surface area (Å²) in [6.07, 6.45) is 3.00. The maximum absolute atomic E-state index is 14.3. The molecule has 3 aliphatic rings. The molecule has 10 nitrogen and oxygen atoms in total. The van der Waals surface area contributed by atoms with Gasteiger partial charge in [-0.25, -0.2) is 18.4 Å². The van der Waals surface area contributed by atoms with Gasteiger partial charge >= 0.3 is 22.2 Å². The lowest BCUT2D eigenvalue weighted by molar-refractivity contribution is -0.114. The monoisotopic (exact) mass is 593 g/mol. The van der Waals surface area contributed by atoms with Crippen LogP contribution in [0.3, 0.4) is 0 Å². The Morgan fingerprint density at radius 2 is 1.75 bits per heavy atom. The third kappa shape index (κ3) is 5.78. The van der Waals surface area contributed by atoms with Crippen LogP contribution in [0.4, 0.5) is 20.6 Å². The van der Waals surface area contributed by atoms with E-state index in [1.165, 1.54) is 6.07 Å². The Morgan fingerprint density at radius 3 is 2.35 bits per heavy atom. The van der Waals surface area contributed by atoms with Crippen molar-refractivity contribution in [3.05, 3.63) is 64.1 Å². The number of ether oxygens (including phenoxy) is 2. The maximum atomic E-state index is 14.3. The number of rotatable bonds is 4. The number of imide groups is 1. The summed E-state index contributed by atoms with van der Waals surface area (Å²) < 4.78 is 51.9. The molecular formula is C27H29ClFN3O7S. The number of cyclic esters (lactones) is 1. The van der Waals surface area contributed by atoms with Crippen molar-refractivity contribution in [3.8, 4) is 5.75 Å². The summed E-state index contributed by atoms with van der Waals surface area (Å²) >= 11 is 6.04. The van der Waals surface area contributed by atoms with Gasteiger partial charge in [-0.05, 0) is 77.2 Å². The van der Waals surface area contributed by atoms with E-state index in [0.29, 0.717) is 21.7 Å². The molecule has 5 rings (SSSR count). The van der Waals surface area contributed by atoms with Gasteiger partial charge in [0, 0.05) is 12.1 Å². The molecule has 0 spiro atoms. The third-order valence-corrected chi connectivity index (χ3v) is 8.26. The summed E-state index contributed by atoms with van der Waals surface area (Å²) in [6, 6.07) is 8.48. The summed E-state index contributed by atoms with van der Waals surface area (Å²) in [5, 5.41) is 0.102. The Labute approximate surface area is 236 Å². The van der Waals surface area contributed by atoms with E-state index < -0.39 is 40.0 Å². The van der Waals surface area contributed by atoms with Crippen molar-refractivity contribution in [2.75, 3.05) is 9.62 Å². The zero-order valence-electron chi connectivity index (χ0n) is 22.4. The fourth-order valence-electron chi connectivity index (χ4n) is 4.54. The largest absolute Gasteiger partial charge is 0.489 e. The fraction of sp³-hybridized carbons (Fsp3) is 0.370. The normalized spacial score (nSPS) is 18.3. The van der Waals surface area contributed by atoms with Gasteiger partial charge in [0.25, 0.3) is 5.91 Å². The van der Waals surface area contributed by atoms with Crippen molar-refractivity contribution in [2.45, 2.75) is 65.5 Å². The number of fused-ring (bicyclic) bond motifs is 1. The quantitative estimate of drug-likeness (QED) is 0.445. The van der Waals surface area contributed by atoms with E-state index >= 15 is 0 Å². The predicted octanol–water partition coefficient (Wildman–Crippen LogP) is 5.79. The lowest BCUT2D eigenvalue weighted by atomic mass is 10.1. The number of para-hydroxylation sites is 1. The van der Waals surface area contributed by atoms with Crippen LogP contribution < -0.4 is 14.4 Å². The van der Waals surface area contributed by atoms with Crippen molar-refractivity contribution in [3.63, 3.8) is 0 Å². The van der Waals surface area contributed by atoms with E-state index in [0.717, 1.165) is 36.1 Å². The number of amides is 3. The van der Waals surface area contributed by atoms with Crippen molar-refractivity contribution in [2.24, 2.45) is 0 Å². The predicted molar refractivity (Wildman–Crippen MR) is 147 cm³/mol. The summed E-state index contributed by atoms with van der Waals surface area (Å²) in [4.78, 5) is 37.0. The zero-order chi connectivity index (χ0) is 29.4. The number of carbonyl (C=O) groups is 3. The van der Waals surface area contributed by atoms with E-state index in [1.807, 2.05) is 0 Å². The molecule has 0 bridgehead atoms. The van der Waals surface area contributed by atoms with E-state index in [-0.39, 0.29) is 28.3 Å². The lowest BCUT2D eigenvalue weighted by Gasteiger charge is -2.31. The van der Waals surface area contributed by atoms with Crippen LogP contribution >= 0.6 is 11.6 Å². The molecule has 13 heteroatoms. The van der Waals surface area contributed by atoms with Gasteiger partial charge in [0.1, 0.15) is 11.6 Å². The van der Waals surface area contributed by atoms with Crippen LogP contribution in [0.25, 0.3) is 0 Å². The lowest BCUT2D eigenvalue weighted by Crippen LogP contribution is -2.48. The van der Waals surface area contributed by atoms with Gasteiger partial charge in [-0.15, -0.1) is 0 Å². The Bertz CT molecular complexity index is 1500. The van der Waals surface area contributed by atoms with Gasteiger partial charge in [-0.2, -0.15) is 8.42 Å². The van der Waals surface area contributed by atoms with Crippen molar-refractivity contribution in [1.29, 1.82) is 0 Å². The molecule has 2 aliphatic heterocycles. The first-order valence-corrected chi connectivity index (χ1v) is 14.5. The number of halogens is 2. The molecule has 2 aromatic rings. The number of nitrogens with zero attached hydrogens (tertiary/aromatic N) is 2. The van der Waals surface area contributed by atoms with Gasteiger partial charge in [0.15, 0.2) is 5.76 Å². The van der Waals surface area contributed by atoms with Crippen LogP contribution in [0.2, 0.25) is 5.02 Å². The molecule has 2 fully saturated rings. The highest BCUT2D eigenvalue weighted by Gasteiger charge is 2.40. The van der Waals surface area contributed by atoms with Crippen LogP contribution in [-0.4, -0.2) is 42.8 Å². The molecule has 0 radical (unpaired) electrons. The van der Waals surface area contributed by atoms with Crippen LogP contribution in [0.5, 0.6) is 5.75 Å². The van der Waals surface area contributed by atoms with E-state index in [1.54, 1.807) is 52.0 Å². The third-order valence-electron chi connectivity index (χ3n) is 6.39. The van der Waals surface area contributed by atoms with Crippen LogP contribution in [-0.2, 0) is 19.7 Å². The zero-order valence-corrected chi connectivity index (χ0v) is 23.9. The molecule has 2 heterocycles. The Morgan fingerprint density at radius 1 is 1.10 bits per heavy atom. The average molecular weight is 594 g/mol. The van der Waals surface area contributed by atoms with E-state index in [4.69, 9.17) is 21.1 Å². The highest BCUT2D eigenvalue weighted by Crippen LogP contribution is 2.37. The number of anilines is 2. The first-order chi connectivity index (χ1) is 18.8. The van der Waals surface area contributed by atoms with Crippen LogP contribution in [0.15, 0.2) is 47.7 Å². The van der Waals surface area contributed by atoms with Gasteiger partial charge in [-0.3, -0.25) is 14.3 Å². The smallest absolute Gasteiger partial charge is 0.427 e. The molecule has 1 aliphatic carbocycles. The molecule has 0 unspecified atom stereocenters. The standard InChI is InChI=1S/C17H17ClFNO4.C10H12N2O3S/c1-9(2)15-16(21)20(17(22)24-15)13-8-14(11(18)7-12(13)19)23-10-5-3-4-6-10;1-7(2)12-10(13)8-5-3-4-6-9(8)11-16(12,14)15/h7-8,10H,3-6H2,1-2H3;3-7,11H,1-2H3. The van der Waals surface area contributed by atoms with Crippen molar-refractivity contribution >= 4 is 51.1 Å². The molecule has 0 atom stereocenters. The van der Waals surface area contributed by atoms with Gasteiger partial charge in [0.05, 0.1) is 28.1 Å². The first-order valence-electron chi connectivity index (χ1n) is 12.7. The van der Waals surface area contributed by atoms with Gasteiger partial charge < -0.3 is 9.47 Å². The summed E-state index contributed by atoms with van der Waals surface area (Å²) in [5.41, 5.74) is 1.03. The minimum absolute atomic E-state index is 0.00962. The Balaban J connectivity index is 0.000000201. The second-order valence-corrected chi connectivity index (χ2v) is 11.9. The Kier molecular flexibility index (Phi) is 8.41. The second kappa shape index (κ2) is 11.5. The van der Waals surface area contributed by atoms with Gasteiger partial charge in [-0.1, -0.05) is 23.7 Å². The highest BCUT2D eigenvalue weighted by molar-refractivity contribution is 7.91. The van der Waals surface area contributed by atoms with Crippen molar-refractivity contribution in [1.82, 2.24) is 4.31 Å². The van der Waals surface area contributed by atoms with Gasteiger partial charge in [0.2, 0.25) is 0 Å². The highest BCUT2D eigenvalue weighted by atomic mass is 35.5. The topological polar surface area (TPSA) is 122 Å². The number of hydrogen-bond acceptors (Lipinski definition) is 7. The SMILES string of the molecule is CC(C)=C1OC(=O)N(c2cc(OC3CCCC3)c(Cl)cc2F)C1=O.CC(C)N1C(=O)c2ccccc2NS1(=O)=O. The number of allylic oxidation sites excluding steroid dienone is 1. The molecule has 214 valence electrons. The van der Waals surface area contributed by atoms with Crippen LogP contribution in [0.1, 0.15) is 63.7 Å². The number of benzene rings is 2. The molecule has 1 saturated carbocycles. The number of nitrogens with one attached hydrogen (secondary N) is 1. The second-order valence-electron chi connectivity index (χ2n) is 9.94. The number of hydrogen-bond donors (Lipinski definition) is 1. The fourth-order valence-corrected chi connectivity index (χ4v) is 6.16. The molecule has 1 N–H and O–H groups in total. The van der Waals surface area contributed by atoms with Crippen molar-refractivity contribution < 1.29 is 36.7 Å². The molecule has 1 saturated heterocycles. The molecular weight excluding hydrogens is 565 g/mol. The number of carbonyl (C=O) groups excluding carboxylic acids is 3. The van der Waals surface area contributed by atoms with E-state index in [2.05, 4.69) is 4.72 Å². The molecule has 2 aromatic carbocycles. The van der Waals surface area contributed by atoms with E-state index in [9.17, 15) is 27.2 Å². The van der Waals surface area contributed by atoms with Crippen LogP contribution in [0, 0.1) is 5.82 Å².